The minimum absolute atomic E-state index is 0.00724. The molecule has 0 fully saturated rings. The van der Waals surface area contributed by atoms with Gasteiger partial charge in [0.1, 0.15) is 5.82 Å². The number of aromatic nitrogens is 2. The van der Waals surface area contributed by atoms with Crippen LogP contribution in [0.5, 0.6) is 0 Å². The molecule has 5 nitrogen and oxygen atoms in total. The molecule has 1 amide bonds. The van der Waals surface area contributed by atoms with Crippen LogP contribution in [0.3, 0.4) is 0 Å². The van der Waals surface area contributed by atoms with Crippen molar-refractivity contribution in [3.63, 3.8) is 0 Å². The molecule has 1 N–H and O–H groups in total. The first-order chi connectivity index (χ1) is 13.6. The summed E-state index contributed by atoms with van der Waals surface area (Å²) in [5.74, 6) is -4.29. The van der Waals surface area contributed by atoms with Crippen molar-refractivity contribution in [1.82, 2.24) is 15.1 Å². The molecule has 2 aromatic carbocycles. The highest BCUT2D eigenvalue weighted by atomic mass is 19.3. The molecule has 0 saturated carbocycles. The summed E-state index contributed by atoms with van der Waals surface area (Å²) in [5, 5.41) is 5.82. The first-order valence-corrected chi connectivity index (χ1v) is 8.34. The smallest absolute Gasteiger partial charge is 0.272 e. The van der Waals surface area contributed by atoms with Crippen LogP contribution in [0.1, 0.15) is 41.0 Å². The second kappa shape index (κ2) is 7.61. The fourth-order valence-electron chi connectivity index (χ4n) is 2.90. The van der Waals surface area contributed by atoms with Gasteiger partial charge < -0.3 is 4.90 Å². The van der Waals surface area contributed by atoms with E-state index in [0.29, 0.717) is 0 Å². The van der Waals surface area contributed by atoms with Crippen LogP contribution in [0.2, 0.25) is 0 Å². The molecule has 3 rings (SSSR count). The van der Waals surface area contributed by atoms with Gasteiger partial charge in [-0.25, -0.2) is 27.1 Å². The summed E-state index contributed by atoms with van der Waals surface area (Å²) in [6.07, 6.45) is -3.10. The van der Waals surface area contributed by atoms with Crippen LogP contribution >= 0.6 is 0 Å². The Morgan fingerprint density at radius 2 is 1.66 bits per heavy atom. The van der Waals surface area contributed by atoms with Crippen molar-refractivity contribution < 1.29 is 26.7 Å². The van der Waals surface area contributed by atoms with E-state index >= 15 is 0 Å². The summed E-state index contributed by atoms with van der Waals surface area (Å²) in [4.78, 5) is 25.7. The standard InChI is InChI=1S/C19H14F5N3O2/c1-8(16-10-6-14(21)15(22)7-11(10)18(28)26-25-16)27(2)19(29)9-3-4-13(20)12(5-9)17(23)24/h3-8,17H,1-2H3,(H,26,28). The number of rotatable bonds is 4. The van der Waals surface area contributed by atoms with Crippen molar-refractivity contribution in [2.45, 2.75) is 19.4 Å². The van der Waals surface area contributed by atoms with Crippen molar-refractivity contribution >= 4 is 16.7 Å². The topological polar surface area (TPSA) is 66.1 Å². The number of fused-ring (bicyclic) bond motifs is 1. The molecule has 1 aromatic heterocycles. The number of nitrogens with zero attached hydrogens (tertiary/aromatic N) is 2. The molecule has 10 heteroatoms. The van der Waals surface area contributed by atoms with Crippen molar-refractivity contribution in [2.24, 2.45) is 0 Å². The number of amides is 1. The van der Waals surface area contributed by atoms with Gasteiger partial charge in [-0.2, -0.15) is 5.10 Å². The highest BCUT2D eigenvalue weighted by Gasteiger charge is 2.25. The van der Waals surface area contributed by atoms with Gasteiger partial charge in [0.05, 0.1) is 22.7 Å². The summed E-state index contributed by atoms with van der Waals surface area (Å²) in [7, 11) is 1.33. The van der Waals surface area contributed by atoms with E-state index in [1.807, 2.05) is 0 Å². The van der Waals surface area contributed by atoms with Crippen LogP contribution in [0, 0.1) is 17.5 Å². The number of hydrogen-bond acceptors (Lipinski definition) is 3. The van der Waals surface area contributed by atoms with Crippen molar-refractivity contribution in [3.8, 4) is 0 Å². The highest BCUT2D eigenvalue weighted by molar-refractivity contribution is 5.95. The Balaban J connectivity index is 2.03. The number of H-pyrrole nitrogens is 1. The maximum atomic E-state index is 13.7. The predicted molar refractivity (Wildman–Crippen MR) is 94.1 cm³/mol. The normalized spacial score (nSPS) is 12.4. The Hall–Kier alpha value is -3.30. The van der Waals surface area contributed by atoms with Crippen LogP contribution in [0.4, 0.5) is 22.0 Å². The Kier molecular flexibility index (Phi) is 5.36. The maximum absolute atomic E-state index is 13.7. The second-order valence-electron chi connectivity index (χ2n) is 6.38. The van der Waals surface area contributed by atoms with Crippen LogP contribution in [-0.2, 0) is 0 Å². The minimum Gasteiger partial charge on any atom is -0.333 e. The summed E-state index contributed by atoms with van der Waals surface area (Å²) in [6.45, 7) is 1.50. The molecule has 0 spiro atoms. The molecule has 29 heavy (non-hydrogen) atoms. The Labute approximate surface area is 160 Å². The molecule has 0 bridgehead atoms. The van der Waals surface area contributed by atoms with Crippen molar-refractivity contribution in [3.05, 3.63) is 75.0 Å². The Morgan fingerprint density at radius 3 is 2.28 bits per heavy atom. The SMILES string of the molecule is CC(c1n[nH]c(=O)c2cc(F)c(F)cc12)N(C)C(=O)c1ccc(F)c(C(F)F)c1. The van der Waals surface area contributed by atoms with Gasteiger partial charge in [0.2, 0.25) is 0 Å². The van der Waals surface area contributed by atoms with Crippen LogP contribution in [-0.4, -0.2) is 28.1 Å². The second-order valence-corrected chi connectivity index (χ2v) is 6.38. The van der Waals surface area contributed by atoms with E-state index in [1.54, 1.807) is 0 Å². The van der Waals surface area contributed by atoms with Crippen molar-refractivity contribution in [1.29, 1.82) is 0 Å². The third-order valence-corrected chi connectivity index (χ3v) is 4.63. The van der Waals surface area contributed by atoms with E-state index < -0.39 is 46.9 Å². The van der Waals surface area contributed by atoms with Crippen molar-refractivity contribution in [2.75, 3.05) is 7.05 Å². The lowest BCUT2D eigenvalue weighted by molar-refractivity contribution is 0.0739. The zero-order valence-corrected chi connectivity index (χ0v) is 15.1. The summed E-state index contributed by atoms with van der Waals surface area (Å²) >= 11 is 0. The first-order valence-electron chi connectivity index (χ1n) is 8.34. The highest BCUT2D eigenvalue weighted by Crippen LogP contribution is 2.28. The number of benzene rings is 2. The molecular formula is C19H14F5N3O2. The van der Waals surface area contributed by atoms with E-state index in [2.05, 4.69) is 10.2 Å². The van der Waals surface area contributed by atoms with Gasteiger partial charge in [0, 0.05) is 18.0 Å². The van der Waals surface area contributed by atoms with E-state index in [9.17, 15) is 31.5 Å². The maximum Gasteiger partial charge on any atom is 0.272 e. The number of carbonyl (C=O) groups is 1. The van der Waals surface area contributed by atoms with Gasteiger partial charge in [-0.3, -0.25) is 9.59 Å². The molecule has 0 radical (unpaired) electrons. The number of nitrogens with one attached hydrogen (secondary N) is 1. The molecule has 1 unspecified atom stereocenters. The Morgan fingerprint density at radius 1 is 1.03 bits per heavy atom. The predicted octanol–water partition coefficient (Wildman–Crippen LogP) is 4.11. The molecule has 152 valence electrons. The molecule has 1 atom stereocenters. The lowest BCUT2D eigenvalue weighted by Crippen LogP contribution is -2.31. The molecule has 1 heterocycles. The van der Waals surface area contributed by atoms with Gasteiger partial charge in [-0.1, -0.05) is 0 Å². The van der Waals surface area contributed by atoms with E-state index in [4.69, 9.17) is 0 Å². The average molecular weight is 411 g/mol. The van der Waals surface area contributed by atoms with E-state index in [-0.39, 0.29) is 22.0 Å². The molecule has 0 saturated heterocycles. The summed E-state index contributed by atoms with van der Waals surface area (Å²) in [5.41, 5.74) is -1.79. The summed E-state index contributed by atoms with van der Waals surface area (Å²) in [6, 6.07) is 3.21. The third-order valence-electron chi connectivity index (χ3n) is 4.63. The van der Waals surface area contributed by atoms with Gasteiger partial charge >= 0.3 is 0 Å². The van der Waals surface area contributed by atoms with Gasteiger partial charge in [-0.15, -0.1) is 0 Å². The first kappa shape index (κ1) is 20.4. The number of halogens is 5. The molecule has 0 aliphatic carbocycles. The van der Waals surface area contributed by atoms with E-state index in [0.717, 1.165) is 35.2 Å². The van der Waals surface area contributed by atoms with Gasteiger partial charge in [-0.05, 0) is 37.3 Å². The van der Waals surface area contributed by atoms with Crippen LogP contribution < -0.4 is 5.56 Å². The average Bonchev–Trinajstić information content (AvgIpc) is 2.68. The lowest BCUT2D eigenvalue weighted by atomic mass is 10.0. The third kappa shape index (κ3) is 3.69. The fourth-order valence-corrected chi connectivity index (χ4v) is 2.90. The zero-order chi connectivity index (χ0) is 21.5. The van der Waals surface area contributed by atoms with Crippen LogP contribution in [0.15, 0.2) is 35.1 Å². The largest absolute Gasteiger partial charge is 0.333 e. The fraction of sp³-hybridized carbons (Fsp3) is 0.211. The van der Waals surface area contributed by atoms with Crippen LogP contribution in [0.25, 0.3) is 10.8 Å². The summed E-state index contributed by atoms with van der Waals surface area (Å²) < 4.78 is 66.5. The number of aromatic amines is 1. The lowest BCUT2D eigenvalue weighted by Gasteiger charge is -2.25. The molecular weight excluding hydrogens is 397 g/mol. The Bertz CT molecular complexity index is 1160. The van der Waals surface area contributed by atoms with Gasteiger partial charge in [0.15, 0.2) is 11.6 Å². The van der Waals surface area contributed by atoms with Gasteiger partial charge in [0.25, 0.3) is 17.9 Å². The zero-order valence-electron chi connectivity index (χ0n) is 15.1. The molecule has 3 aromatic rings. The minimum atomic E-state index is -3.10. The molecule has 0 aliphatic heterocycles. The quantitative estimate of drug-likeness (QED) is 0.657. The number of carbonyl (C=O) groups excluding carboxylic acids is 1. The number of alkyl halides is 2. The molecule has 0 aliphatic rings. The van der Waals surface area contributed by atoms with E-state index in [1.165, 1.54) is 14.0 Å². The number of hydrogen-bond donors (Lipinski definition) is 1. The monoisotopic (exact) mass is 411 g/mol.